The number of carbonyl (C=O) groups is 1. The van der Waals surface area contributed by atoms with E-state index in [-0.39, 0.29) is 11.9 Å². The highest BCUT2D eigenvalue weighted by molar-refractivity contribution is 5.93. The Hall–Kier alpha value is -2.53. The Balaban J connectivity index is 2.04. The number of methoxy groups -OCH3 is 2. The first-order valence-electron chi connectivity index (χ1n) is 9.30. The van der Waals surface area contributed by atoms with E-state index < -0.39 is 0 Å². The molecule has 2 N–H and O–H groups in total. The first-order chi connectivity index (χ1) is 12.9. The van der Waals surface area contributed by atoms with E-state index in [1.54, 1.807) is 14.2 Å². The standard InChI is InChI=1S/C22H30N2O3/c1-15(2)17-10-12-19(13-11-17)23-22(25)16(3)24(4)14-18-8-7-9-20(26-5)21(18)27-6/h7-13,15-16H,14H2,1-6H3,(H,23,25)/p+1/t16-/m1/s1. The van der Waals surface area contributed by atoms with Gasteiger partial charge >= 0.3 is 0 Å². The normalized spacial score (nSPS) is 13.1. The number of amides is 1. The van der Waals surface area contributed by atoms with Crippen LogP contribution in [0.15, 0.2) is 42.5 Å². The molecule has 0 aliphatic carbocycles. The van der Waals surface area contributed by atoms with Gasteiger partial charge in [-0.2, -0.15) is 0 Å². The lowest BCUT2D eigenvalue weighted by Crippen LogP contribution is -3.12. The van der Waals surface area contributed by atoms with Crippen LogP contribution in [0.25, 0.3) is 0 Å². The molecule has 2 aromatic carbocycles. The molecule has 0 fully saturated rings. The number of hydrogen-bond donors (Lipinski definition) is 2. The molecule has 0 saturated heterocycles. The lowest BCUT2D eigenvalue weighted by atomic mass is 10.0. The lowest BCUT2D eigenvalue weighted by molar-refractivity contribution is -0.907. The zero-order valence-corrected chi connectivity index (χ0v) is 17.1. The SMILES string of the molecule is COc1cccc(C[NH+](C)[C@H](C)C(=O)Nc2ccc(C(C)C)cc2)c1OC. The summed E-state index contributed by atoms with van der Waals surface area (Å²) in [4.78, 5) is 13.7. The molecule has 0 radical (unpaired) electrons. The van der Waals surface area contributed by atoms with Gasteiger partial charge < -0.3 is 19.7 Å². The van der Waals surface area contributed by atoms with Crippen LogP contribution in [-0.4, -0.2) is 33.2 Å². The summed E-state index contributed by atoms with van der Waals surface area (Å²) in [6, 6.07) is 13.6. The van der Waals surface area contributed by atoms with Crippen LogP contribution in [-0.2, 0) is 11.3 Å². The molecule has 2 rings (SSSR count). The zero-order chi connectivity index (χ0) is 20.0. The van der Waals surface area contributed by atoms with Crippen LogP contribution in [0, 0.1) is 0 Å². The Bertz CT molecular complexity index is 757. The van der Waals surface area contributed by atoms with E-state index in [1.165, 1.54) is 5.56 Å². The molecule has 0 bridgehead atoms. The number of likely N-dealkylation sites (N-methyl/N-ethyl adjacent to an activating group) is 1. The minimum absolute atomic E-state index is 0.00772. The number of nitrogens with one attached hydrogen (secondary N) is 2. The van der Waals surface area contributed by atoms with Gasteiger partial charge in [-0.15, -0.1) is 0 Å². The van der Waals surface area contributed by atoms with Crippen molar-refractivity contribution in [2.75, 3.05) is 26.6 Å². The van der Waals surface area contributed by atoms with Crippen LogP contribution in [0.2, 0.25) is 0 Å². The van der Waals surface area contributed by atoms with Crippen LogP contribution in [0.4, 0.5) is 5.69 Å². The number of rotatable bonds is 8. The largest absolute Gasteiger partial charge is 0.493 e. The summed E-state index contributed by atoms with van der Waals surface area (Å²) in [6.45, 7) is 6.89. The fraction of sp³-hybridized carbons (Fsp3) is 0.409. The van der Waals surface area contributed by atoms with Crippen LogP contribution in [0.5, 0.6) is 11.5 Å². The minimum Gasteiger partial charge on any atom is -0.493 e. The van der Waals surface area contributed by atoms with E-state index in [1.807, 2.05) is 44.3 Å². The smallest absolute Gasteiger partial charge is 0.282 e. The molecule has 1 amide bonds. The lowest BCUT2D eigenvalue weighted by Gasteiger charge is -2.22. The van der Waals surface area contributed by atoms with Gasteiger partial charge in [-0.05, 0) is 42.7 Å². The summed E-state index contributed by atoms with van der Waals surface area (Å²) in [5.41, 5.74) is 3.09. The van der Waals surface area contributed by atoms with Crippen LogP contribution < -0.4 is 19.7 Å². The van der Waals surface area contributed by atoms with Gasteiger partial charge in [-0.25, -0.2) is 0 Å². The number of hydrogen-bond acceptors (Lipinski definition) is 3. The molecule has 0 aromatic heterocycles. The Morgan fingerprint density at radius 2 is 1.70 bits per heavy atom. The molecule has 0 spiro atoms. The molecular formula is C22H31N2O3+. The van der Waals surface area contributed by atoms with E-state index in [4.69, 9.17) is 9.47 Å². The fourth-order valence-electron chi connectivity index (χ4n) is 2.97. The summed E-state index contributed by atoms with van der Waals surface area (Å²) in [5.74, 6) is 1.88. The van der Waals surface area contributed by atoms with Crippen molar-refractivity contribution in [3.8, 4) is 11.5 Å². The third-order valence-electron chi connectivity index (χ3n) is 4.93. The number of carbonyl (C=O) groups excluding carboxylic acids is 1. The highest BCUT2D eigenvalue weighted by atomic mass is 16.5. The second-order valence-electron chi connectivity index (χ2n) is 7.16. The highest BCUT2D eigenvalue weighted by Crippen LogP contribution is 2.30. The molecule has 0 aliphatic heterocycles. The highest BCUT2D eigenvalue weighted by Gasteiger charge is 2.24. The van der Waals surface area contributed by atoms with Gasteiger partial charge in [0, 0.05) is 5.69 Å². The van der Waals surface area contributed by atoms with Gasteiger partial charge in [-0.3, -0.25) is 4.79 Å². The number of ether oxygens (including phenoxy) is 2. The van der Waals surface area contributed by atoms with E-state index in [2.05, 4.69) is 31.3 Å². The van der Waals surface area contributed by atoms with Crippen molar-refractivity contribution in [2.24, 2.45) is 0 Å². The maximum absolute atomic E-state index is 12.7. The Morgan fingerprint density at radius 3 is 2.26 bits per heavy atom. The van der Waals surface area contributed by atoms with Crippen molar-refractivity contribution in [2.45, 2.75) is 39.3 Å². The van der Waals surface area contributed by atoms with Crippen LogP contribution >= 0.6 is 0 Å². The van der Waals surface area contributed by atoms with E-state index in [0.717, 1.165) is 21.9 Å². The molecular weight excluding hydrogens is 340 g/mol. The molecule has 5 nitrogen and oxygen atoms in total. The molecule has 5 heteroatoms. The number of anilines is 1. The van der Waals surface area contributed by atoms with Gasteiger partial charge in [-0.1, -0.05) is 32.0 Å². The summed E-state index contributed by atoms with van der Waals surface area (Å²) in [5, 5.41) is 3.01. The van der Waals surface area contributed by atoms with E-state index in [0.29, 0.717) is 18.2 Å². The average Bonchev–Trinajstić information content (AvgIpc) is 2.67. The topological polar surface area (TPSA) is 52.0 Å². The van der Waals surface area contributed by atoms with E-state index >= 15 is 0 Å². The number of para-hydroxylation sites is 1. The maximum atomic E-state index is 12.7. The average molecular weight is 372 g/mol. The molecule has 27 heavy (non-hydrogen) atoms. The van der Waals surface area contributed by atoms with Gasteiger partial charge in [0.25, 0.3) is 5.91 Å². The molecule has 0 aliphatic rings. The molecule has 2 atom stereocenters. The van der Waals surface area contributed by atoms with Crippen molar-refractivity contribution in [1.82, 2.24) is 0 Å². The van der Waals surface area contributed by atoms with Gasteiger partial charge in [0.2, 0.25) is 0 Å². The quantitative estimate of drug-likeness (QED) is 0.750. The summed E-state index contributed by atoms with van der Waals surface area (Å²) in [7, 11) is 5.26. The van der Waals surface area contributed by atoms with Crippen molar-refractivity contribution >= 4 is 11.6 Å². The third kappa shape index (κ3) is 5.23. The first kappa shape index (κ1) is 20.8. The minimum atomic E-state index is -0.217. The molecule has 146 valence electrons. The van der Waals surface area contributed by atoms with Crippen LogP contribution in [0.1, 0.15) is 37.8 Å². The van der Waals surface area contributed by atoms with Crippen molar-refractivity contribution in [3.63, 3.8) is 0 Å². The van der Waals surface area contributed by atoms with Gasteiger partial charge in [0.1, 0.15) is 6.54 Å². The monoisotopic (exact) mass is 371 g/mol. The summed E-state index contributed by atoms with van der Waals surface area (Å²) in [6.07, 6.45) is 0. The molecule has 0 heterocycles. The van der Waals surface area contributed by atoms with E-state index in [9.17, 15) is 4.79 Å². The maximum Gasteiger partial charge on any atom is 0.282 e. The fourth-order valence-corrected chi connectivity index (χ4v) is 2.97. The Morgan fingerprint density at radius 1 is 1.04 bits per heavy atom. The zero-order valence-electron chi connectivity index (χ0n) is 17.1. The Labute approximate surface area is 162 Å². The summed E-state index contributed by atoms with van der Waals surface area (Å²) < 4.78 is 10.9. The van der Waals surface area contributed by atoms with Crippen molar-refractivity contribution in [3.05, 3.63) is 53.6 Å². The predicted octanol–water partition coefficient (Wildman–Crippen LogP) is 2.87. The first-order valence-corrected chi connectivity index (χ1v) is 9.30. The second-order valence-corrected chi connectivity index (χ2v) is 7.16. The third-order valence-corrected chi connectivity index (χ3v) is 4.93. The summed E-state index contributed by atoms with van der Waals surface area (Å²) >= 11 is 0. The van der Waals surface area contributed by atoms with Gasteiger partial charge in [0.05, 0.1) is 26.8 Å². The Kier molecular flexibility index (Phi) is 7.25. The van der Waals surface area contributed by atoms with Crippen LogP contribution in [0.3, 0.4) is 0 Å². The second kappa shape index (κ2) is 9.42. The number of benzene rings is 2. The van der Waals surface area contributed by atoms with Crippen molar-refractivity contribution < 1.29 is 19.2 Å². The predicted molar refractivity (Wildman–Crippen MR) is 109 cm³/mol. The molecule has 2 aromatic rings. The van der Waals surface area contributed by atoms with Gasteiger partial charge in [0.15, 0.2) is 17.5 Å². The van der Waals surface area contributed by atoms with Crippen molar-refractivity contribution in [1.29, 1.82) is 0 Å². The molecule has 1 unspecified atom stereocenters. The molecule has 0 saturated carbocycles. The number of quaternary nitrogens is 1.